The van der Waals surface area contributed by atoms with Gasteiger partial charge in [-0.1, -0.05) is 58.9 Å². The van der Waals surface area contributed by atoms with Crippen LogP contribution in [0, 0.1) is 23.7 Å². The number of rotatable bonds is 10. The second kappa shape index (κ2) is 16.2. The Labute approximate surface area is 360 Å². The molecule has 7 unspecified atom stereocenters. The van der Waals surface area contributed by atoms with Crippen LogP contribution in [0.3, 0.4) is 0 Å². The van der Waals surface area contributed by atoms with Crippen molar-refractivity contribution in [1.82, 2.24) is 40.4 Å². The number of hydrogen-bond donors (Lipinski definition) is 4. The van der Waals surface area contributed by atoms with Crippen molar-refractivity contribution < 1.29 is 38.1 Å². The molecule has 16 nitrogen and oxygen atoms in total. The molecule has 4 aliphatic heterocycles. The number of amides is 4. The molecule has 7 atom stereocenters. The summed E-state index contributed by atoms with van der Waals surface area (Å²) in [7, 11) is 2.59. The zero-order chi connectivity index (χ0) is 43.6. The zero-order valence-electron chi connectivity index (χ0n) is 36.1. The first-order valence-electron chi connectivity index (χ1n) is 21.5. The summed E-state index contributed by atoms with van der Waals surface area (Å²) in [5.74, 6) is 3.21. The zero-order valence-corrected chi connectivity index (χ0v) is 36.1. The van der Waals surface area contributed by atoms with E-state index in [1.807, 2.05) is 63.1 Å². The van der Waals surface area contributed by atoms with E-state index < -0.39 is 24.3 Å². The highest BCUT2D eigenvalue weighted by molar-refractivity contribution is 5.98. The molecule has 16 heteroatoms. The van der Waals surface area contributed by atoms with E-state index in [4.69, 9.17) is 28.9 Å². The van der Waals surface area contributed by atoms with Crippen molar-refractivity contribution in [1.29, 1.82) is 0 Å². The summed E-state index contributed by atoms with van der Waals surface area (Å²) in [4.78, 5) is 72.0. The fourth-order valence-corrected chi connectivity index (χ4v) is 9.89. The summed E-state index contributed by atoms with van der Waals surface area (Å²) in [6.45, 7) is 11.1. The molecule has 2 aromatic carbocycles. The number of nitrogens with one attached hydrogen (secondary N) is 4. The topological polar surface area (TPSA) is 193 Å². The Morgan fingerprint density at radius 1 is 0.758 bits per heavy atom. The molecule has 1 aliphatic carbocycles. The molecule has 4 amide bonds. The number of piperidine rings is 1. The molecule has 0 spiro atoms. The van der Waals surface area contributed by atoms with Gasteiger partial charge >= 0.3 is 12.2 Å². The Bertz CT molecular complexity index is 2450. The average molecular weight is 847 g/mol. The number of carbonyl (C=O) groups excluding carboxylic acids is 4. The summed E-state index contributed by atoms with van der Waals surface area (Å²) >= 11 is 0. The number of benzene rings is 2. The summed E-state index contributed by atoms with van der Waals surface area (Å²) in [5.41, 5.74) is 7.55. The van der Waals surface area contributed by atoms with Crippen LogP contribution in [0.15, 0.2) is 48.8 Å². The number of hydrogen-bond acceptors (Lipinski definition) is 10. The molecule has 0 bridgehead atoms. The van der Waals surface area contributed by atoms with Gasteiger partial charge in [0.2, 0.25) is 11.8 Å². The predicted octanol–water partition coefficient (Wildman–Crippen LogP) is 6.50. The first kappa shape index (κ1) is 41.1. The van der Waals surface area contributed by atoms with Crippen LogP contribution in [0.25, 0.3) is 33.7 Å². The number of ether oxygens (including phenoxy) is 4. The molecule has 1 saturated carbocycles. The highest BCUT2D eigenvalue weighted by atomic mass is 16.5. The van der Waals surface area contributed by atoms with Gasteiger partial charge in [-0.25, -0.2) is 19.6 Å². The fourth-order valence-electron chi connectivity index (χ4n) is 9.89. The molecule has 4 N–H and O–H groups in total. The number of nitrogens with zero attached hydrogens (tertiary/aromatic N) is 4. The number of imidazole rings is 2. The Kier molecular flexibility index (Phi) is 10.7. The number of aromatic nitrogens is 4. The molecular weight excluding hydrogens is 793 g/mol. The Balaban J connectivity index is 0.908. The molecule has 5 aliphatic rings. The number of methoxy groups -OCH3 is 2. The van der Waals surface area contributed by atoms with Gasteiger partial charge in [-0.2, -0.15) is 0 Å². The molecule has 2 saturated heterocycles. The van der Waals surface area contributed by atoms with Gasteiger partial charge in [-0.3, -0.25) is 9.59 Å². The van der Waals surface area contributed by atoms with Crippen LogP contribution >= 0.6 is 0 Å². The number of aromatic amines is 2. The van der Waals surface area contributed by atoms with Crippen LogP contribution in [0.5, 0.6) is 11.5 Å². The third kappa shape index (κ3) is 7.22. The third-order valence-electron chi connectivity index (χ3n) is 13.4. The molecule has 62 heavy (non-hydrogen) atoms. The number of carbonyl (C=O) groups is 4. The van der Waals surface area contributed by atoms with Crippen LogP contribution in [0.1, 0.15) is 88.7 Å². The van der Waals surface area contributed by atoms with Crippen molar-refractivity contribution >= 4 is 35.1 Å². The summed E-state index contributed by atoms with van der Waals surface area (Å²) in [6.07, 6.45) is 4.74. The smallest absolute Gasteiger partial charge is 0.407 e. The average Bonchev–Trinajstić information content (AvgIpc) is 3.95. The maximum Gasteiger partial charge on any atom is 0.407 e. The molecule has 9 rings (SSSR count). The quantitative estimate of drug-likeness (QED) is 0.137. The van der Waals surface area contributed by atoms with Gasteiger partial charge < -0.3 is 49.3 Å². The monoisotopic (exact) mass is 846 g/mol. The lowest BCUT2D eigenvalue weighted by molar-refractivity contribution is -0.137. The first-order chi connectivity index (χ1) is 29.9. The summed E-state index contributed by atoms with van der Waals surface area (Å²) < 4.78 is 22.4. The van der Waals surface area contributed by atoms with Crippen molar-refractivity contribution in [3.8, 4) is 34.0 Å². The lowest BCUT2D eigenvalue weighted by Gasteiger charge is -2.32. The molecule has 326 valence electrons. The minimum atomic E-state index is -0.707. The number of alkyl carbamates (subject to hydrolysis) is 2. The van der Waals surface area contributed by atoms with Gasteiger partial charge in [0, 0.05) is 46.0 Å². The van der Waals surface area contributed by atoms with Crippen LogP contribution in [-0.2, 0) is 19.1 Å². The maximum atomic E-state index is 14.0. The standard InChI is InChI=1S/C46H54N8O8/c1-22(2)38(51-45(57)59-6)43(55)53-14-8-9-34(53)41-47-18-32(49-41)25-10-12-27-30-21-62-37-16-26(11-13-28(37)31(30)20-61-36(27)15-25)33-19-48-42(50-33)35-17-29-24(5)40(29)54(35)44(56)39(23(3)4)52-46(58)60-7/h10-13,15-16,18-19,22-24,29,34-35,38-40H,8-9,14,17,20-21H2,1-7H3,(H,47,49)(H,48,50)(H,51,57)(H,52,58). The molecule has 3 fully saturated rings. The predicted molar refractivity (Wildman–Crippen MR) is 229 cm³/mol. The SMILES string of the molecule is COC(=O)NC(C(=O)N1CCCC1c1ncc(-c2ccc3c(c2)OCC2=C3COc3cc(-c4cnc(C5CC6C(C)C6N5C(=O)C(NC(=O)OC)C(C)C)[nH]4)ccc32)[nH]1)C(C)C. The van der Waals surface area contributed by atoms with Crippen molar-refractivity contribution in [2.45, 2.75) is 84.1 Å². The van der Waals surface area contributed by atoms with Crippen molar-refractivity contribution in [2.24, 2.45) is 23.7 Å². The summed E-state index contributed by atoms with van der Waals surface area (Å²) in [6, 6.07) is 10.5. The van der Waals surface area contributed by atoms with Crippen LogP contribution in [0.4, 0.5) is 9.59 Å². The Morgan fingerprint density at radius 2 is 1.27 bits per heavy atom. The normalized spacial score (nSPS) is 23.1. The maximum absolute atomic E-state index is 14.0. The van der Waals surface area contributed by atoms with E-state index in [1.165, 1.54) is 14.2 Å². The van der Waals surface area contributed by atoms with Crippen molar-refractivity contribution in [3.05, 3.63) is 71.6 Å². The number of fused-ring (bicyclic) bond motifs is 5. The van der Waals surface area contributed by atoms with Crippen LogP contribution in [0.2, 0.25) is 0 Å². The van der Waals surface area contributed by atoms with Gasteiger partial charge in [0.05, 0.1) is 50.1 Å². The van der Waals surface area contributed by atoms with Gasteiger partial charge in [-0.05, 0) is 55.1 Å². The van der Waals surface area contributed by atoms with Gasteiger partial charge in [0.1, 0.15) is 48.4 Å². The van der Waals surface area contributed by atoms with Crippen LogP contribution in [-0.4, -0.2) is 106 Å². The Hall–Kier alpha value is -6.32. The van der Waals surface area contributed by atoms with E-state index in [2.05, 4.69) is 39.7 Å². The fraction of sp³-hybridized carbons (Fsp3) is 0.478. The van der Waals surface area contributed by atoms with Gasteiger partial charge in [-0.15, -0.1) is 0 Å². The van der Waals surface area contributed by atoms with E-state index in [9.17, 15) is 19.2 Å². The lowest BCUT2D eigenvalue weighted by Crippen LogP contribution is -2.52. The second-order valence-corrected chi connectivity index (χ2v) is 17.7. The van der Waals surface area contributed by atoms with Gasteiger partial charge in [0.15, 0.2) is 0 Å². The molecule has 4 aromatic rings. The van der Waals surface area contributed by atoms with Crippen molar-refractivity contribution in [2.75, 3.05) is 34.0 Å². The van der Waals surface area contributed by atoms with E-state index in [0.29, 0.717) is 37.4 Å². The van der Waals surface area contributed by atoms with Crippen LogP contribution < -0.4 is 20.1 Å². The van der Waals surface area contributed by atoms with E-state index in [0.717, 1.165) is 81.4 Å². The number of H-pyrrole nitrogens is 2. The third-order valence-corrected chi connectivity index (χ3v) is 13.4. The second-order valence-electron chi connectivity index (χ2n) is 17.7. The molecular formula is C46H54N8O8. The summed E-state index contributed by atoms with van der Waals surface area (Å²) in [5, 5.41) is 5.45. The number of likely N-dealkylation sites (tertiary alicyclic amines) is 2. The largest absolute Gasteiger partial charge is 0.488 e. The minimum Gasteiger partial charge on any atom is -0.488 e. The van der Waals surface area contributed by atoms with E-state index in [-0.39, 0.29) is 41.8 Å². The highest BCUT2D eigenvalue weighted by Gasteiger charge is 2.61. The Morgan fingerprint density at radius 3 is 1.79 bits per heavy atom. The van der Waals surface area contributed by atoms with Crippen molar-refractivity contribution in [3.63, 3.8) is 0 Å². The lowest BCUT2D eigenvalue weighted by atomic mass is 9.89. The van der Waals surface area contributed by atoms with E-state index >= 15 is 0 Å². The molecule has 2 aromatic heterocycles. The highest BCUT2D eigenvalue weighted by Crippen LogP contribution is 2.57. The first-order valence-corrected chi connectivity index (χ1v) is 21.5. The van der Waals surface area contributed by atoms with Gasteiger partial charge in [0.25, 0.3) is 0 Å². The molecule has 0 radical (unpaired) electrons. The molecule has 6 heterocycles. The van der Waals surface area contributed by atoms with E-state index in [1.54, 1.807) is 11.1 Å². The minimum absolute atomic E-state index is 0.114.